The average Bonchev–Trinajstić information content (AvgIpc) is 1.90. The Bertz CT molecular complexity index is 107. The predicted octanol–water partition coefficient (Wildman–Crippen LogP) is 0.186. The molecule has 3 heteroatoms. The first-order valence-electron chi connectivity index (χ1n) is 3.49. The van der Waals surface area contributed by atoms with Crippen molar-refractivity contribution in [2.45, 2.75) is 6.42 Å². The van der Waals surface area contributed by atoms with Gasteiger partial charge in [-0.2, -0.15) is 0 Å². The highest BCUT2D eigenvalue weighted by Gasteiger charge is 1.94. The molecule has 0 aromatic rings. The minimum atomic E-state index is 1.00. The van der Waals surface area contributed by atoms with Crippen molar-refractivity contribution in [3.63, 3.8) is 0 Å². The largest absolute Gasteiger partial charge is 0.377 e. The number of hydrogen-bond acceptors (Lipinski definition) is 2. The molecule has 0 aliphatic heterocycles. The van der Waals surface area contributed by atoms with E-state index in [1.165, 1.54) is 0 Å². The van der Waals surface area contributed by atoms with E-state index in [0.29, 0.717) is 0 Å². The predicted molar refractivity (Wildman–Crippen MR) is 45.6 cm³/mol. The van der Waals surface area contributed by atoms with Gasteiger partial charge in [0.2, 0.25) is 0 Å². The van der Waals surface area contributed by atoms with Gasteiger partial charge in [0.1, 0.15) is 0 Å². The molecule has 0 radical (unpaired) electrons. The number of rotatable bonds is 3. The lowest BCUT2D eigenvalue weighted by atomic mass is 10.4. The molecule has 1 N–H and O–H groups in total. The van der Waals surface area contributed by atoms with Crippen LogP contribution in [0.5, 0.6) is 0 Å². The van der Waals surface area contributed by atoms with E-state index in [1.807, 2.05) is 14.1 Å². The summed E-state index contributed by atoms with van der Waals surface area (Å²) in [6.45, 7) is 1.05. The standard InChI is InChI=1S/C7H17N3/c1-8-7(9-2)5-6-10(3)4/h5-6H2,1-4H3,(H,8,9). The fourth-order valence-corrected chi connectivity index (χ4v) is 0.678. The Morgan fingerprint density at radius 2 is 2.10 bits per heavy atom. The molecule has 0 unspecified atom stereocenters. The van der Waals surface area contributed by atoms with Crippen molar-refractivity contribution < 1.29 is 0 Å². The quantitative estimate of drug-likeness (QED) is 0.451. The van der Waals surface area contributed by atoms with Crippen LogP contribution in [0.3, 0.4) is 0 Å². The van der Waals surface area contributed by atoms with Crippen LogP contribution in [0.25, 0.3) is 0 Å². The smallest absolute Gasteiger partial charge is 0.0969 e. The molecule has 0 saturated heterocycles. The summed E-state index contributed by atoms with van der Waals surface area (Å²) in [5.41, 5.74) is 0. The molecule has 0 rings (SSSR count). The summed E-state index contributed by atoms with van der Waals surface area (Å²) in [5, 5.41) is 3.03. The van der Waals surface area contributed by atoms with Crippen molar-refractivity contribution >= 4 is 5.84 Å². The highest BCUT2D eigenvalue weighted by molar-refractivity contribution is 5.81. The summed E-state index contributed by atoms with van der Waals surface area (Å²) in [6, 6.07) is 0. The van der Waals surface area contributed by atoms with E-state index >= 15 is 0 Å². The molecule has 3 nitrogen and oxygen atoms in total. The summed E-state index contributed by atoms with van der Waals surface area (Å²) >= 11 is 0. The number of nitrogens with zero attached hydrogens (tertiary/aromatic N) is 2. The molecule has 0 saturated carbocycles. The lowest BCUT2D eigenvalue weighted by Gasteiger charge is -2.09. The van der Waals surface area contributed by atoms with Crippen LogP contribution >= 0.6 is 0 Å². The van der Waals surface area contributed by atoms with Gasteiger partial charge in [-0.3, -0.25) is 4.99 Å². The molecule has 0 aliphatic carbocycles. The maximum atomic E-state index is 4.06. The van der Waals surface area contributed by atoms with E-state index in [1.54, 1.807) is 0 Å². The molecule has 0 spiro atoms. The Kier molecular flexibility index (Phi) is 4.94. The van der Waals surface area contributed by atoms with Gasteiger partial charge in [-0.05, 0) is 14.1 Å². The topological polar surface area (TPSA) is 27.6 Å². The van der Waals surface area contributed by atoms with Crippen molar-refractivity contribution in [2.75, 3.05) is 34.7 Å². The SMILES string of the molecule is CN=C(CCN(C)C)NC. The molecule has 0 aliphatic rings. The summed E-state index contributed by atoms with van der Waals surface area (Å²) in [6.07, 6.45) is 1.00. The van der Waals surface area contributed by atoms with Crippen LogP contribution in [-0.2, 0) is 0 Å². The molecule has 60 valence electrons. The first kappa shape index (κ1) is 9.43. The van der Waals surface area contributed by atoms with Crippen molar-refractivity contribution in [2.24, 2.45) is 4.99 Å². The number of amidine groups is 1. The summed E-state index contributed by atoms with van der Waals surface area (Å²) in [7, 11) is 7.82. The molecule has 0 amide bonds. The molecule has 0 heterocycles. The van der Waals surface area contributed by atoms with Gasteiger partial charge < -0.3 is 10.2 Å². The second-order valence-electron chi connectivity index (χ2n) is 2.47. The lowest BCUT2D eigenvalue weighted by Crippen LogP contribution is -2.24. The van der Waals surface area contributed by atoms with Crippen molar-refractivity contribution in [3.05, 3.63) is 0 Å². The third-order valence-electron chi connectivity index (χ3n) is 1.35. The Hall–Kier alpha value is -0.570. The molecule has 10 heavy (non-hydrogen) atoms. The zero-order valence-electron chi connectivity index (χ0n) is 7.31. The molecule has 0 bridgehead atoms. The van der Waals surface area contributed by atoms with E-state index in [4.69, 9.17) is 0 Å². The Morgan fingerprint density at radius 1 is 1.50 bits per heavy atom. The minimum absolute atomic E-state index is 1.00. The highest BCUT2D eigenvalue weighted by Crippen LogP contribution is 1.84. The van der Waals surface area contributed by atoms with E-state index < -0.39 is 0 Å². The van der Waals surface area contributed by atoms with Crippen LogP contribution in [0.15, 0.2) is 4.99 Å². The molecule has 0 atom stereocenters. The third kappa shape index (κ3) is 4.32. The van der Waals surface area contributed by atoms with Crippen molar-refractivity contribution in [1.29, 1.82) is 0 Å². The van der Waals surface area contributed by atoms with Gasteiger partial charge >= 0.3 is 0 Å². The average molecular weight is 143 g/mol. The monoisotopic (exact) mass is 143 g/mol. The number of nitrogens with one attached hydrogen (secondary N) is 1. The zero-order valence-corrected chi connectivity index (χ0v) is 7.31. The molecule has 0 aromatic carbocycles. The number of hydrogen-bond donors (Lipinski definition) is 1. The van der Waals surface area contributed by atoms with E-state index in [0.717, 1.165) is 18.8 Å². The van der Waals surface area contributed by atoms with Gasteiger partial charge in [-0.1, -0.05) is 0 Å². The van der Waals surface area contributed by atoms with E-state index in [-0.39, 0.29) is 0 Å². The maximum absolute atomic E-state index is 4.06. The van der Waals surface area contributed by atoms with Gasteiger partial charge in [-0.25, -0.2) is 0 Å². The van der Waals surface area contributed by atoms with Gasteiger partial charge in [0.25, 0.3) is 0 Å². The lowest BCUT2D eigenvalue weighted by molar-refractivity contribution is 0.420. The van der Waals surface area contributed by atoms with Crippen LogP contribution in [0.2, 0.25) is 0 Å². The molecular formula is C7H17N3. The first-order valence-corrected chi connectivity index (χ1v) is 3.49. The van der Waals surface area contributed by atoms with Gasteiger partial charge in [-0.15, -0.1) is 0 Å². The third-order valence-corrected chi connectivity index (χ3v) is 1.35. The Morgan fingerprint density at radius 3 is 2.40 bits per heavy atom. The molecule has 0 aromatic heterocycles. The minimum Gasteiger partial charge on any atom is -0.377 e. The Balaban J connectivity index is 3.46. The van der Waals surface area contributed by atoms with E-state index in [9.17, 15) is 0 Å². The van der Waals surface area contributed by atoms with Gasteiger partial charge in [0, 0.05) is 27.1 Å². The fourth-order valence-electron chi connectivity index (χ4n) is 0.678. The fraction of sp³-hybridized carbons (Fsp3) is 0.857. The maximum Gasteiger partial charge on any atom is 0.0969 e. The molecule has 0 fully saturated rings. The zero-order chi connectivity index (χ0) is 7.98. The van der Waals surface area contributed by atoms with Gasteiger partial charge in [0.05, 0.1) is 5.84 Å². The Labute approximate surface area is 63.1 Å². The summed E-state index contributed by atoms with van der Waals surface area (Å²) in [5.74, 6) is 1.06. The summed E-state index contributed by atoms with van der Waals surface area (Å²) < 4.78 is 0. The highest BCUT2D eigenvalue weighted by atomic mass is 15.1. The normalized spacial score (nSPS) is 12.3. The van der Waals surface area contributed by atoms with Crippen LogP contribution in [0, 0.1) is 0 Å². The molecular weight excluding hydrogens is 126 g/mol. The van der Waals surface area contributed by atoms with Crippen molar-refractivity contribution in [3.8, 4) is 0 Å². The second-order valence-corrected chi connectivity index (χ2v) is 2.47. The second kappa shape index (κ2) is 5.23. The van der Waals surface area contributed by atoms with Crippen LogP contribution in [0.1, 0.15) is 6.42 Å². The van der Waals surface area contributed by atoms with E-state index in [2.05, 4.69) is 29.3 Å². The van der Waals surface area contributed by atoms with Crippen LogP contribution in [-0.4, -0.2) is 45.5 Å². The van der Waals surface area contributed by atoms with Crippen LogP contribution in [0.4, 0.5) is 0 Å². The van der Waals surface area contributed by atoms with Gasteiger partial charge in [0.15, 0.2) is 0 Å². The number of aliphatic imine (C=N–C) groups is 1. The van der Waals surface area contributed by atoms with Crippen molar-refractivity contribution in [1.82, 2.24) is 10.2 Å². The van der Waals surface area contributed by atoms with Crippen LogP contribution < -0.4 is 5.32 Å². The summed E-state index contributed by atoms with van der Waals surface area (Å²) in [4.78, 5) is 6.20. The first-order chi connectivity index (χ1) is 4.70.